The zero-order valence-corrected chi connectivity index (χ0v) is 11.7. The molecule has 2 unspecified atom stereocenters. The summed E-state index contributed by atoms with van der Waals surface area (Å²) in [5, 5.41) is 0. The Balaban J connectivity index is 2.51. The fraction of sp³-hybridized carbons (Fsp3) is 0.571. The van der Waals surface area contributed by atoms with Gasteiger partial charge in [-0.15, -0.1) is 0 Å². The van der Waals surface area contributed by atoms with Crippen molar-refractivity contribution in [1.29, 1.82) is 0 Å². The summed E-state index contributed by atoms with van der Waals surface area (Å²) >= 11 is 0. The number of rotatable bonds is 3. The predicted octanol–water partition coefficient (Wildman–Crippen LogP) is 2.57. The minimum Gasteiger partial charge on any atom is -0.374 e. The first-order valence-corrected chi connectivity index (χ1v) is 6.80. The first kappa shape index (κ1) is 16.2. The predicted molar refractivity (Wildman–Crippen MR) is 70.2 cm³/mol. The van der Waals surface area contributed by atoms with Crippen LogP contribution < -0.4 is 5.73 Å². The van der Waals surface area contributed by atoms with Crippen LogP contribution in [0.1, 0.15) is 24.1 Å². The molecular weight excluding hydrogens is 288 g/mol. The van der Waals surface area contributed by atoms with Crippen LogP contribution in [0.25, 0.3) is 0 Å². The van der Waals surface area contributed by atoms with Gasteiger partial charge in [-0.3, -0.25) is 4.90 Å². The van der Waals surface area contributed by atoms with Gasteiger partial charge in [0, 0.05) is 13.1 Å². The summed E-state index contributed by atoms with van der Waals surface area (Å²) in [6, 6.07) is 2.14. The highest BCUT2D eigenvalue weighted by molar-refractivity contribution is 5.34. The number of nitrogens with zero attached hydrogens (tertiary/aromatic N) is 1. The van der Waals surface area contributed by atoms with E-state index in [1.807, 2.05) is 11.8 Å². The lowest BCUT2D eigenvalue weighted by Crippen LogP contribution is -2.48. The molecule has 0 aromatic heterocycles. The monoisotopic (exact) mass is 306 g/mol. The summed E-state index contributed by atoms with van der Waals surface area (Å²) in [7, 11) is 0. The van der Waals surface area contributed by atoms with E-state index in [2.05, 4.69) is 0 Å². The summed E-state index contributed by atoms with van der Waals surface area (Å²) < 4.78 is 58.3. The molecule has 118 valence electrons. The SMILES string of the molecule is CCN1CCOC(CN)C1c1ccc(F)cc1C(F)(F)F. The molecule has 1 saturated heterocycles. The Labute approximate surface area is 120 Å². The van der Waals surface area contributed by atoms with Crippen molar-refractivity contribution < 1.29 is 22.3 Å². The number of likely N-dealkylation sites (N-methyl/N-ethyl adjacent to an activating group) is 1. The Morgan fingerprint density at radius 3 is 2.67 bits per heavy atom. The van der Waals surface area contributed by atoms with Crippen molar-refractivity contribution in [2.75, 3.05) is 26.2 Å². The topological polar surface area (TPSA) is 38.5 Å². The van der Waals surface area contributed by atoms with Crippen LogP contribution in [0.15, 0.2) is 18.2 Å². The van der Waals surface area contributed by atoms with Gasteiger partial charge in [-0.05, 0) is 24.2 Å². The average molecular weight is 306 g/mol. The van der Waals surface area contributed by atoms with Gasteiger partial charge >= 0.3 is 6.18 Å². The van der Waals surface area contributed by atoms with Crippen molar-refractivity contribution in [2.45, 2.75) is 25.2 Å². The average Bonchev–Trinajstić information content (AvgIpc) is 2.45. The summed E-state index contributed by atoms with van der Waals surface area (Å²) in [4.78, 5) is 1.88. The van der Waals surface area contributed by atoms with Crippen molar-refractivity contribution in [3.05, 3.63) is 35.1 Å². The van der Waals surface area contributed by atoms with Crippen molar-refractivity contribution in [3.8, 4) is 0 Å². The second kappa shape index (κ2) is 6.29. The lowest BCUT2D eigenvalue weighted by Gasteiger charge is -2.41. The van der Waals surface area contributed by atoms with Gasteiger partial charge in [0.25, 0.3) is 0 Å². The highest BCUT2D eigenvalue weighted by Crippen LogP contribution is 2.39. The smallest absolute Gasteiger partial charge is 0.374 e. The highest BCUT2D eigenvalue weighted by atomic mass is 19.4. The normalized spacial score (nSPS) is 24.3. The van der Waals surface area contributed by atoms with Crippen LogP contribution in [-0.4, -0.2) is 37.2 Å². The van der Waals surface area contributed by atoms with Gasteiger partial charge < -0.3 is 10.5 Å². The van der Waals surface area contributed by atoms with Gasteiger partial charge in [-0.2, -0.15) is 13.2 Å². The molecule has 0 radical (unpaired) electrons. The Morgan fingerprint density at radius 2 is 2.10 bits per heavy atom. The van der Waals surface area contributed by atoms with E-state index in [0.717, 1.165) is 6.07 Å². The second-order valence-electron chi connectivity index (χ2n) is 4.95. The van der Waals surface area contributed by atoms with E-state index < -0.39 is 29.7 Å². The Kier molecular flexibility index (Phi) is 4.85. The number of ether oxygens (including phenoxy) is 1. The van der Waals surface area contributed by atoms with Crippen LogP contribution in [0.5, 0.6) is 0 Å². The number of nitrogens with two attached hydrogens (primary N) is 1. The Morgan fingerprint density at radius 1 is 1.38 bits per heavy atom. The molecule has 0 aliphatic carbocycles. The molecule has 1 aromatic rings. The van der Waals surface area contributed by atoms with E-state index in [9.17, 15) is 17.6 Å². The van der Waals surface area contributed by atoms with Gasteiger partial charge in [0.1, 0.15) is 5.82 Å². The molecule has 1 heterocycles. The van der Waals surface area contributed by atoms with Crippen LogP contribution in [0, 0.1) is 5.82 Å². The summed E-state index contributed by atoms with van der Waals surface area (Å²) in [5.74, 6) is -0.907. The molecular formula is C14H18F4N2O. The molecule has 2 rings (SSSR count). The molecule has 0 saturated carbocycles. The molecule has 0 spiro atoms. The summed E-state index contributed by atoms with van der Waals surface area (Å²) in [5.41, 5.74) is 4.68. The van der Waals surface area contributed by atoms with Crippen molar-refractivity contribution in [2.24, 2.45) is 5.73 Å². The fourth-order valence-electron chi connectivity index (χ4n) is 2.77. The van der Waals surface area contributed by atoms with E-state index in [1.165, 1.54) is 6.07 Å². The largest absolute Gasteiger partial charge is 0.416 e. The maximum atomic E-state index is 13.2. The van der Waals surface area contributed by atoms with E-state index in [1.54, 1.807) is 0 Å². The number of halogens is 4. The third kappa shape index (κ3) is 3.36. The van der Waals surface area contributed by atoms with E-state index >= 15 is 0 Å². The maximum absolute atomic E-state index is 13.2. The van der Waals surface area contributed by atoms with Crippen molar-refractivity contribution >= 4 is 0 Å². The van der Waals surface area contributed by atoms with Gasteiger partial charge in [0.15, 0.2) is 0 Å². The van der Waals surface area contributed by atoms with E-state index in [4.69, 9.17) is 10.5 Å². The number of hydrogen-bond acceptors (Lipinski definition) is 3. The van der Waals surface area contributed by atoms with Crippen LogP contribution in [0.3, 0.4) is 0 Å². The third-order valence-electron chi connectivity index (χ3n) is 3.73. The zero-order valence-electron chi connectivity index (χ0n) is 11.7. The maximum Gasteiger partial charge on any atom is 0.416 e. The first-order chi connectivity index (χ1) is 9.88. The van der Waals surface area contributed by atoms with Gasteiger partial charge in [0.05, 0.1) is 24.3 Å². The molecule has 2 atom stereocenters. The number of benzene rings is 1. The first-order valence-electron chi connectivity index (χ1n) is 6.80. The standard InChI is InChI=1S/C14H18F4N2O/c1-2-20-5-6-21-12(8-19)13(20)10-4-3-9(15)7-11(10)14(16,17)18/h3-4,7,12-13H,2,5-6,8,19H2,1H3. The minimum atomic E-state index is -4.62. The minimum absolute atomic E-state index is 0.0147. The third-order valence-corrected chi connectivity index (χ3v) is 3.73. The Bertz CT molecular complexity index is 480. The fourth-order valence-corrected chi connectivity index (χ4v) is 2.77. The zero-order chi connectivity index (χ0) is 15.6. The second-order valence-corrected chi connectivity index (χ2v) is 4.95. The van der Waals surface area contributed by atoms with Crippen LogP contribution >= 0.6 is 0 Å². The summed E-state index contributed by atoms with van der Waals surface area (Å²) in [6.45, 7) is 3.48. The van der Waals surface area contributed by atoms with Gasteiger partial charge in [-0.1, -0.05) is 13.0 Å². The van der Waals surface area contributed by atoms with Gasteiger partial charge in [-0.25, -0.2) is 4.39 Å². The lowest BCUT2D eigenvalue weighted by molar-refractivity contribution is -0.140. The molecule has 2 N–H and O–H groups in total. The molecule has 1 aromatic carbocycles. The van der Waals surface area contributed by atoms with Crippen LogP contribution in [0.4, 0.5) is 17.6 Å². The molecule has 3 nitrogen and oxygen atoms in total. The van der Waals surface area contributed by atoms with Crippen LogP contribution in [-0.2, 0) is 10.9 Å². The molecule has 1 aliphatic rings. The number of hydrogen-bond donors (Lipinski definition) is 1. The molecule has 1 fully saturated rings. The molecule has 0 bridgehead atoms. The van der Waals surface area contributed by atoms with Crippen LogP contribution in [0.2, 0.25) is 0 Å². The molecule has 7 heteroatoms. The molecule has 1 aliphatic heterocycles. The van der Waals surface area contributed by atoms with Crippen molar-refractivity contribution in [1.82, 2.24) is 4.90 Å². The number of morpholine rings is 1. The Hall–Kier alpha value is -1.18. The summed E-state index contributed by atoms with van der Waals surface area (Å²) in [6.07, 6.45) is -5.15. The van der Waals surface area contributed by atoms with E-state index in [-0.39, 0.29) is 12.1 Å². The molecule has 0 amide bonds. The van der Waals surface area contributed by atoms with Gasteiger partial charge in [0.2, 0.25) is 0 Å². The lowest BCUT2D eigenvalue weighted by atomic mass is 9.93. The quantitative estimate of drug-likeness (QED) is 0.872. The number of alkyl halides is 3. The van der Waals surface area contributed by atoms with E-state index in [0.29, 0.717) is 25.8 Å². The molecule has 21 heavy (non-hydrogen) atoms. The highest BCUT2D eigenvalue weighted by Gasteiger charge is 2.40. The van der Waals surface area contributed by atoms with Crippen molar-refractivity contribution in [3.63, 3.8) is 0 Å².